The third-order valence-corrected chi connectivity index (χ3v) is 5.01. The molecule has 0 atom stereocenters. The van der Waals surface area contributed by atoms with Gasteiger partial charge in [-0.15, -0.1) is 0 Å². The summed E-state index contributed by atoms with van der Waals surface area (Å²) in [5.41, 5.74) is 1.36. The van der Waals surface area contributed by atoms with Crippen LogP contribution in [-0.4, -0.2) is 29.7 Å². The zero-order chi connectivity index (χ0) is 22.5. The molecule has 1 heterocycles. The summed E-state index contributed by atoms with van der Waals surface area (Å²) in [6.07, 6.45) is 0.861. The number of para-hydroxylation sites is 1. The Labute approximate surface area is 185 Å². The van der Waals surface area contributed by atoms with Crippen LogP contribution in [0.4, 0.5) is 0 Å². The predicted octanol–water partition coefficient (Wildman–Crippen LogP) is 4.68. The molecule has 3 rings (SSSR count). The number of nitrogens with one attached hydrogen (secondary N) is 1. The number of nitrogens with zero attached hydrogens (tertiary/aromatic N) is 1. The number of hydrogen-bond donors (Lipinski definition) is 1. The van der Waals surface area contributed by atoms with Gasteiger partial charge in [-0.25, -0.2) is 9.78 Å². The minimum atomic E-state index is -0.624. The maximum Gasteiger partial charge on any atom is 0.338 e. The number of benzene rings is 2. The Kier molecular flexibility index (Phi) is 7.17. The van der Waals surface area contributed by atoms with Gasteiger partial charge in [0.1, 0.15) is 12.4 Å². The Balaban J connectivity index is 1.76. The monoisotopic (exact) mass is 444 g/mol. The number of rotatable bonds is 8. The van der Waals surface area contributed by atoms with Gasteiger partial charge in [-0.2, -0.15) is 0 Å². The van der Waals surface area contributed by atoms with Crippen LogP contribution in [0.1, 0.15) is 42.0 Å². The summed E-state index contributed by atoms with van der Waals surface area (Å²) in [4.78, 5) is 31.9. The van der Waals surface area contributed by atoms with Gasteiger partial charge < -0.3 is 19.2 Å². The maximum atomic E-state index is 12.6. The SMILES string of the molecule is COc1cc(C(=O)OCc2nc3c(C)cccc3c(=O)[nH]2)cc(Cl)c1OCCC(C)C. The van der Waals surface area contributed by atoms with E-state index in [1.807, 2.05) is 13.0 Å². The van der Waals surface area contributed by atoms with Gasteiger partial charge in [-0.1, -0.05) is 37.6 Å². The number of ether oxygens (including phenoxy) is 3. The molecule has 8 heteroatoms. The highest BCUT2D eigenvalue weighted by molar-refractivity contribution is 6.32. The van der Waals surface area contributed by atoms with E-state index >= 15 is 0 Å². The Morgan fingerprint density at radius 1 is 1.26 bits per heavy atom. The molecule has 0 spiro atoms. The topological polar surface area (TPSA) is 90.5 Å². The molecular formula is C23H25ClN2O5. The van der Waals surface area contributed by atoms with Crippen LogP contribution in [0.25, 0.3) is 10.9 Å². The molecule has 7 nitrogen and oxygen atoms in total. The number of hydrogen-bond acceptors (Lipinski definition) is 6. The number of esters is 1. The van der Waals surface area contributed by atoms with Crippen molar-refractivity contribution in [2.45, 2.75) is 33.8 Å². The smallest absolute Gasteiger partial charge is 0.338 e. The van der Waals surface area contributed by atoms with Crippen molar-refractivity contribution in [1.29, 1.82) is 0 Å². The highest BCUT2D eigenvalue weighted by Crippen LogP contribution is 2.37. The third-order valence-electron chi connectivity index (χ3n) is 4.73. The normalized spacial score (nSPS) is 11.0. The van der Waals surface area contributed by atoms with E-state index in [2.05, 4.69) is 23.8 Å². The quantitative estimate of drug-likeness (QED) is 0.507. The van der Waals surface area contributed by atoms with E-state index < -0.39 is 5.97 Å². The fraction of sp³-hybridized carbons (Fsp3) is 0.348. The highest BCUT2D eigenvalue weighted by atomic mass is 35.5. The Bertz CT molecular complexity index is 1160. The number of carbonyl (C=O) groups is 1. The Morgan fingerprint density at radius 3 is 2.74 bits per heavy atom. The second kappa shape index (κ2) is 9.83. The Morgan fingerprint density at radius 2 is 2.03 bits per heavy atom. The van der Waals surface area contributed by atoms with Crippen LogP contribution in [0.15, 0.2) is 35.1 Å². The molecule has 2 aromatic carbocycles. The largest absolute Gasteiger partial charge is 0.493 e. The fourth-order valence-corrected chi connectivity index (χ4v) is 3.28. The second-order valence-electron chi connectivity index (χ2n) is 7.58. The first kappa shape index (κ1) is 22.6. The summed E-state index contributed by atoms with van der Waals surface area (Å²) in [5.74, 6) is 0.847. The van der Waals surface area contributed by atoms with Crippen molar-refractivity contribution in [3.63, 3.8) is 0 Å². The van der Waals surface area contributed by atoms with E-state index in [0.29, 0.717) is 34.9 Å². The van der Waals surface area contributed by atoms with Crippen LogP contribution in [0.2, 0.25) is 5.02 Å². The van der Waals surface area contributed by atoms with Crippen LogP contribution in [0.3, 0.4) is 0 Å². The Hall–Kier alpha value is -3.06. The zero-order valence-electron chi connectivity index (χ0n) is 18.0. The van der Waals surface area contributed by atoms with E-state index in [9.17, 15) is 9.59 Å². The van der Waals surface area contributed by atoms with Crippen molar-refractivity contribution >= 4 is 28.5 Å². The number of aromatic amines is 1. The molecule has 0 fully saturated rings. The molecule has 3 aromatic rings. The first-order valence-corrected chi connectivity index (χ1v) is 10.3. The lowest BCUT2D eigenvalue weighted by Crippen LogP contribution is -2.15. The standard InChI is InChI=1S/C23H25ClN2O5/c1-13(2)8-9-30-21-17(24)10-15(11-18(21)29-4)23(28)31-12-19-25-20-14(3)6-5-7-16(20)22(27)26-19/h5-7,10-11,13H,8-9,12H2,1-4H3,(H,25,26,27). The van der Waals surface area contributed by atoms with Gasteiger partial charge in [-0.05, 0) is 43.0 Å². The molecule has 0 bridgehead atoms. The summed E-state index contributed by atoms with van der Waals surface area (Å²) < 4.78 is 16.4. The molecular weight excluding hydrogens is 420 g/mol. The highest BCUT2D eigenvalue weighted by Gasteiger charge is 2.18. The molecule has 0 radical (unpaired) electrons. The van der Waals surface area contributed by atoms with Gasteiger partial charge in [-0.3, -0.25) is 4.79 Å². The first-order valence-electron chi connectivity index (χ1n) is 9.96. The minimum Gasteiger partial charge on any atom is -0.493 e. The van der Waals surface area contributed by atoms with Crippen molar-refractivity contribution < 1.29 is 19.0 Å². The molecule has 164 valence electrons. The van der Waals surface area contributed by atoms with Crippen molar-refractivity contribution in [1.82, 2.24) is 9.97 Å². The lowest BCUT2D eigenvalue weighted by atomic mass is 10.1. The molecule has 1 N–H and O–H groups in total. The van der Waals surface area contributed by atoms with Crippen LogP contribution < -0.4 is 15.0 Å². The van der Waals surface area contributed by atoms with Gasteiger partial charge in [0.15, 0.2) is 11.5 Å². The van der Waals surface area contributed by atoms with Gasteiger partial charge in [0, 0.05) is 0 Å². The maximum absolute atomic E-state index is 12.6. The molecule has 0 unspecified atom stereocenters. The van der Waals surface area contributed by atoms with E-state index in [4.69, 9.17) is 25.8 Å². The van der Waals surface area contributed by atoms with Gasteiger partial charge in [0.2, 0.25) is 0 Å². The number of aryl methyl sites for hydroxylation is 1. The number of methoxy groups -OCH3 is 1. The molecule has 0 aliphatic carbocycles. The van der Waals surface area contributed by atoms with Crippen molar-refractivity contribution in [2.75, 3.05) is 13.7 Å². The fourth-order valence-electron chi connectivity index (χ4n) is 3.01. The van der Waals surface area contributed by atoms with Gasteiger partial charge in [0.25, 0.3) is 5.56 Å². The summed E-state index contributed by atoms with van der Waals surface area (Å²) in [6.45, 7) is 6.35. The summed E-state index contributed by atoms with van der Waals surface area (Å²) in [5, 5.41) is 0.738. The summed E-state index contributed by atoms with van der Waals surface area (Å²) >= 11 is 6.32. The van der Waals surface area contributed by atoms with Crippen LogP contribution in [-0.2, 0) is 11.3 Å². The molecule has 31 heavy (non-hydrogen) atoms. The minimum absolute atomic E-state index is 0.190. The van der Waals surface area contributed by atoms with Crippen molar-refractivity contribution in [2.24, 2.45) is 5.92 Å². The lowest BCUT2D eigenvalue weighted by Gasteiger charge is -2.14. The number of carbonyl (C=O) groups excluding carboxylic acids is 1. The third kappa shape index (κ3) is 5.35. The summed E-state index contributed by atoms with van der Waals surface area (Å²) in [7, 11) is 1.47. The average Bonchev–Trinajstić information content (AvgIpc) is 2.73. The molecule has 0 saturated carbocycles. The molecule has 0 aliphatic heterocycles. The van der Waals surface area contributed by atoms with E-state index in [1.54, 1.807) is 12.1 Å². The number of fused-ring (bicyclic) bond motifs is 1. The van der Waals surface area contributed by atoms with E-state index in [1.165, 1.54) is 19.2 Å². The number of H-pyrrole nitrogens is 1. The van der Waals surface area contributed by atoms with Crippen LogP contribution in [0, 0.1) is 12.8 Å². The molecule has 1 aromatic heterocycles. The van der Waals surface area contributed by atoms with Crippen molar-refractivity contribution in [3.05, 3.63) is 62.7 Å². The van der Waals surface area contributed by atoms with Crippen LogP contribution in [0.5, 0.6) is 11.5 Å². The number of aromatic nitrogens is 2. The predicted molar refractivity (Wildman–Crippen MR) is 119 cm³/mol. The lowest BCUT2D eigenvalue weighted by molar-refractivity contribution is 0.0462. The molecule has 0 aliphatic rings. The molecule has 0 amide bonds. The zero-order valence-corrected chi connectivity index (χ0v) is 18.7. The van der Waals surface area contributed by atoms with E-state index in [0.717, 1.165) is 12.0 Å². The average molecular weight is 445 g/mol. The second-order valence-corrected chi connectivity index (χ2v) is 7.99. The van der Waals surface area contributed by atoms with Gasteiger partial charge in [0.05, 0.1) is 35.2 Å². The first-order chi connectivity index (χ1) is 14.8. The molecule has 0 saturated heterocycles. The van der Waals surface area contributed by atoms with Crippen LogP contribution >= 0.6 is 11.6 Å². The van der Waals surface area contributed by atoms with Gasteiger partial charge >= 0.3 is 5.97 Å². The van der Waals surface area contributed by atoms with E-state index in [-0.39, 0.29) is 28.6 Å². The number of halogens is 1. The van der Waals surface area contributed by atoms with Crippen molar-refractivity contribution in [3.8, 4) is 11.5 Å². The summed E-state index contributed by atoms with van der Waals surface area (Å²) in [6, 6.07) is 8.34.